The second-order valence-electron chi connectivity index (χ2n) is 18.0. The quantitative estimate of drug-likeness (QED) is 0.131. The summed E-state index contributed by atoms with van der Waals surface area (Å²) in [5.74, 6) is 0. The molecule has 2 heteroatoms. The number of benzene rings is 12. The number of fused-ring (bicyclic) bond motifs is 6. The first-order chi connectivity index (χ1) is 34.7. The molecule has 0 amide bonds. The van der Waals surface area contributed by atoms with E-state index in [9.17, 15) is 0 Å². The topological polar surface area (TPSA) is 8.17 Å². The lowest BCUT2D eigenvalue weighted by molar-refractivity contribution is 1.18. The highest BCUT2D eigenvalue weighted by molar-refractivity contribution is 6.10. The molecule has 0 aliphatic carbocycles. The molecule has 0 fully saturated rings. The molecule has 328 valence electrons. The molecule has 0 unspecified atom stereocenters. The van der Waals surface area contributed by atoms with Crippen molar-refractivity contribution in [1.29, 1.82) is 0 Å². The molecule has 1 aromatic heterocycles. The number of nitrogens with zero attached hydrogens (tertiary/aromatic N) is 2. The van der Waals surface area contributed by atoms with Gasteiger partial charge in [-0.3, -0.25) is 0 Å². The maximum atomic E-state index is 2.45. The van der Waals surface area contributed by atoms with Crippen LogP contribution in [0.3, 0.4) is 0 Å². The lowest BCUT2D eigenvalue weighted by atomic mass is 9.87. The van der Waals surface area contributed by atoms with E-state index in [4.69, 9.17) is 0 Å². The van der Waals surface area contributed by atoms with Crippen molar-refractivity contribution in [3.63, 3.8) is 0 Å². The number of hydrogen-bond acceptors (Lipinski definition) is 1. The fourth-order valence-corrected chi connectivity index (χ4v) is 10.7. The van der Waals surface area contributed by atoms with Gasteiger partial charge in [-0.2, -0.15) is 0 Å². The molecule has 1 heterocycles. The summed E-state index contributed by atoms with van der Waals surface area (Å²) >= 11 is 0. The normalized spacial score (nSPS) is 11.4. The van der Waals surface area contributed by atoms with E-state index in [0.29, 0.717) is 0 Å². The molecule has 13 rings (SSSR count). The Morgan fingerprint density at radius 2 is 0.729 bits per heavy atom. The van der Waals surface area contributed by atoms with Crippen LogP contribution in [-0.4, -0.2) is 4.57 Å². The highest BCUT2D eigenvalue weighted by Gasteiger charge is 2.23. The second-order valence-corrected chi connectivity index (χ2v) is 18.0. The van der Waals surface area contributed by atoms with E-state index in [2.05, 4.69) is 289 Å². The SMILES string of the molecule is c1ccc(-c2ccccc2-c2c(-c3ccccc3)cccc2N(c2ccc(-c3ccc4c(ccc5ccccc54)c3)cc2)c2ccc(-c3ccccc3-n3c4ccccc4c4ccccc43)cc2)cc1. The summed E-state index contributed by atoms with van der Waals surface area (Å²) in [6, 6.07) is 102. The zero-order valence-corrected chi connectivity index (χ0v) is 38.5. The molecule has 12 aromatic carbocycles. The first-order valence-corrected chi connectivity index (χ1v) is 24.1. The minimum absolute atomic E-state index is 1.06. The second kappa shape index (κ2) is 17.4. The van der Waals surface area contributed by atoms with Crippen LogP contribution in [0, 0.1) is 0 Å². The third kappa shape index (κ3) is 7.13. The van der Waals surface area contributed by atoms with Crippen LogP contribution in [0.2, 0.25) is 0 Å². The van der Waals surface area contributed by atoms with Gasteiger partial charge in [0.25, 0.3) is 0 Å². The monoisotopic (exact) mass is 890 g/mol. The first kappa shape index (κ1) is 41.0. The molecule has 0 N–H and O–H groups in total. The molecule has 0 aliphatic rings. The average molecular weight is 891 g/mol. The van der Waals surface area contributed by atoms with E-state index < -0.39 is 0 Å². The fraction of sp³-hybridized carbons (Fsp3) is 0. The first-order valence-electron chi connectivity index (χ1n) is 24.1. The van der Waals surface area contributed by atoms with Crippen molar-refractivity contribution in [3.05, 3.63) is 279 Å². The van der Waals surface area contributed by atoms with Gasteiger partial charge in [-0.1, -0.05) is 224 Å². The Morgan fingerprint density at radius 1 is 0.257 bits per heavy atom. The van der Waals surface area contributed by atoms with Crippen molar-refractivity contribution < 1.29 is 0 Å². The maximum Gasteiger partial charge on any atom is 0.0546 e. The lowest BCUT2D eigenvalue weighted by Crippen LogP contribution is -2.12. The molecule has 0 saturated carbocycles. The molecule has 0 saturated heterocycles. The highest BCUT2D eigenvalue weighted by Crippen LogP contribution is 2.49. The lowest BCUT2D eigenvalue weighted by Gasteiger charge is -2.30. The summed E-state index contributed by atoms with van der Waals surface area (Å²) in [4.78, 5) is 2.45. The van der Waals surface area contributed by atoms with Crippen LogP contribution in [0.1, 0.15) is 0 Å². The van der Waals surface area contributed by atoms with Crippen molar-refractivity contribution in [2.45, 2.75) is 0 Å². The van der Waals surface area contributed by atoms with Crippen LogP contribution in [0.15, 0.2) is 279 Å². The predicted octanol–water partition coefficient (Wildman–Crippen LogP) is 18.9. The van der Waals surface area contributed by atoms with E-state index in [1.807, 2.05) is 0 Å². The molecule has 0 atom stereocenters. The molecular weight excluding hydrogens is 845 g/mol. The van der Waals surface area contributed by atoms with Gasteiger partial charge in [-0.05, 0) is 121 Å². The zero-order valence-electron chi connectivity index (χ0n) is 38.5. The number of aromatic nitrogens is 1. The van der Waals surface area contributed by atoms with Crippen molar-refractivity contribution >= 4 is 60.4 Å². The summed E-state index contributed by atoms with van der Waals surface area (Å²) in [7, 11) is 0. The molecule has 70 heavy (non-hydrogen) atoms. The van der Waals surface area contributed by atoms with E-state index >= 15 is 0 Å². The minimum atomic E-state index is 1.06. The Hall–Kier alpha value is -9.24. The largest absolute Gasteiger partial charge is 0.310 e. The van der Waals surface area contributed by atoms with Crippen LogP contribution in [0.5, 0.6) is 0 Å². The number of hydrogen-bond donors (Lipinski definition) is 0. The maximum absolute atomic E-state index is 2.45. The summed E-state index contributed by atoms with van der Waals surface area (Å²) in [5.41, 5.74) is 18.5. The van der Waals surface area contributed by atoms with E-state index in [0.717, 1.165) is 28.3 Å². The summed E-state index contributed by atoms with van der Waals surface area (Å²) in [5, 5.41) is 7.55. The summed E-state index contributed by atoms with van der Waals surface area (Å²) in [6.07, 6.45) is 0. The predicted molar refractivity (Wildman–Crippen MR) is 298 cm³/mol. The zero-order chi connectivity index (χ0) is 46.4. The Labute approximate surface area is 408 Å². The molecule has 0 radical (unpaired) electrons. The van der Waals surface area contributed by atoms with Crippen LogP contribution < -0.4 is 4.90 Å². The minimum Gasteiger partial charge on any atom is -0.310 e. The number of anilines is 3. The van der Waals surface area contributed by atoms with Gasteiger partial charge < -0.3 is 9.47 Å². The molecule has 0 aliphatic heterocycles. The van der Waals surface area contributed by atoms with Gasteiger partial charge in [0.05, 0.1) is 22.4 Å². The van der Waals surface area contributed by atoms with Crippen LogP contribution in [-0.2, 0) is 0 Å². The van der Waals surface area contributed by atoms with E-state index in [1.165, 1.54) is 93.4 Å². The number of para-hydroxylation sites is 3. The van der Waals surface area contributed by atoms with Gasteiger partial charge in [0, 0.05) is 33.3 Å². The van der Waals surface area contributed by atoms with Gasteiger partial charge in [0.2, 0.25) is 0 Å². The van der Waals surface area contributed by atoms with Crippen molar-refractivity contribution in [2.75, 3.05) is 4.90 Å². The average Bonchev–Trinajstić information content (AvgIpc) is 3.78. The van der Waals surface area contributed by atoms with Gasteiger partial charge >= 0.3 is 0 Å². The molecular formula is C68H46N2. The van der Waals surface area contributed by atoms with E-state index in [1.54, 1.807) is 0 Å². The Kier molecular flexibility index (Phi) is 10.2. The van der Waals surface area contributed by atoms with Gasteiger partial charge in [-0.25, -0.2) is 0 Å². The molecule has 2 nitrogen and oxygen atoms in total. The summed E-state index contributed by atoms with van der Waals surface area (Å²) < 4.78 is 2.42. The Morgan fingerprint density at radius 3 is 1.41 bits per heavy atom. The highest BCUT2D eigenvalue weighted by atomic mass is 15.1. The molecule has 0 spiro atoms. The molecule has 13 aromatic rings. The van der Waals surface area contributed by atoms with Gasteiger partial charge in [0.15, 0.2) is 0 Å². The summed E-state index contributed by atoms with van der Waals surface area (Å²) in [6.45, 7) is 0. The van der Waals surface area contributed by atoms with Crippen molar-refractivity contribution in [1.82, 2.24) is 4.57 Å². The smallest absolute Gasteiger partial charge is 0.0546 e. The van der Waals surface area contributed by atoms with Crippen LogP contribution in [0.4, 0.5) is 17.1 Å². The van der Waals surface area contributed by atoms with Gasteiger partial charge in [-0.15, -0.1) is 0 Å². The third-order valence-corrected chi connectivity index (χ3v) is 14.0. The Balaban J connectivity index is 0.990. The number of rotatable bonds is 9. The van der Waals surface area contributed by atoms with Crippen LogP contribution >= 0.6 is 0 Å². The van der Waals surface area contributed by atoms with Gasteiger partial charge in [0.1, 0.15) is 0 Å². The third-order valence-electron chi connectivity index (χ3n) is 14.0. The van der Waals surface area contributed by atoms with Crippen LogP contribution in [0.25, 0.3) is 105 Å². The Bertz CT molecular complexity index is 3980. The molecule has 0 bridgehead atoms. The van der Waals surface area contributed by atoms with E-state index in [-0.39, 0.29) is 0 Å². The fourth-order valence-electron chi connectivity index (χ4n) is 10.7. The standard InChI is InChI=1S/C68H46N2/c1-3-18-48(19-4-1)57-24-9-10-28-63(57)68-60(49-20-5-2-6-21-49)29-17-33-67(68)69(54-41-36-47(37-42-54)52-40-45-58-53(46-52)35-34-50-22-7-8-23-56(50)58)55-43-38-51(39-44-55)59-25-11-14-30-64(59)70-65-31-15-12-26-61(65)62-27-13-16-32-66(62)70/h1-46H. The van der Waals surface area contributed by atoms with Crippen molar-refractivity contribution in [2.24, 2.45) is 0 Å². The van der Waals surface area contributed by atoms with Crippen molar-refractivity contribution in [3.8, 4) is 61.3 Å².